The van der Waals surface area contributed by atoms with Crippen molar-refractivity contribution < 1.29 is 0 Å². The lowest BCUT2D eigenvalue weighted by Gasteiger charge is -2.00. The molecule has 0 aromatic heterocycles. The Morgan fingerprint density at radius 3 is 2.46 bits per heavy atom. The van der Waals surface area contributed by atoms with E-state index in [0.717, 1.165) is 5.56 Å². The van der Waals surface area contributed by atoms with Gasteiger partial charge in [0, 0.05) is 5.57 Å². The van der Waals surface area contributed by atoms with Crippen LogP contribution in [0.1, 0.15) is 18.9 Å². The molecule has 0 aliphatic heterocycles. The van der Waals surface area contributed by atoms with Gasteiger partial charge in [-0.2, -0.15) is 5.26 Å². The topological polar surface area (TPSA) is 23.8 Å². The molecule has 0 saturated carbocycles. The molecule has 0 radical (unpaired) electrons. The molecule has 1 aromatic rings. The second-order valence-electron chi connectivity index (χ2n) is 2.62. The van der Waals surface area contributed by atoms with Crippen molar-refractivity contribution in [2.24, 2.45) is 0 Å². The van der Waals surface area contributed by atoms with E-state index in [0.29, 0.717) is 17.0 Å². The molecule has 0 bridgehead atoms. The first-order valence-corrected chi connectivity index (χ1v) is 4.51. The number of allylic oxidation sites excluding steroid dienone is 1. The molecular formula is C11H10ClN. The van der Waals surface area contributed by atoms with Crippen LogP contribution >= 0.6 is 11.6 Å². The summed E-state index contributed by atoms with van der Waals surface area (Å²) in [6.45, 7) is 1.92. The van der Waals surface area contributed by atoms with Crippen molar-refractivity contribution in [3.05, 3.63) is 41.5 Å². The highest BCUT2D eigenvalue weighted by Crippen LogP contribution is 2.23. The van der Waals surface area contributed by atoms with Gasteiger partial charge in [0.1, 0.15) is 0 Å². The van der Waals surface area contributed by atoms with Gasteiger partial charge in [-0.3, -0.25) is 0 Å². The Labute approximate surface area is 83.3 Å². The van der Waals surface area contributed by atoms with Gasteiger partial charge in [0.05, 0.1) is 11.1 Å². The number of halogens is 1. The minimum absolute atomic E-state index is 0.561. The summed E-state index contributed by atoms with van der Waals surface area (Å²) in [5.74, 6) is 0. The molecule has 1 rings (SSSR count). The third kappa shape index (κ3) is 2.34. The molecule has 1 nitrogen and oxygen atoms in total. The van der Waals surface area contributed by atoms with Crippen LogP contribution in [0.5, 0.6) is 0 Å². The fourth-order valence-corrected chi connectivity index (χ4v) is 1.34. The molecule has 13 heavy (non-hydrogen) atoms. The molecular weight excluding hydrogens is 182 g/mol. The number of rotatable bonds is 2. The smallest absolute Gasteiger partial charge is 0.0962 e. The Hall–Kier alpha value is -1.26. The average molecular weight is 192 g/mol. The molecule has 0 aliphatic rings. The van der Waals surface area contributed by atoms with E-state index >= 15 is 0 Å². The molecule has 0 atom stereocenters. The van der Waals surface area contributed by atoms with Crippen LogP contribution in [0.2, 0.25) is 0 Å². The summed E-state index contributed by atoms with van der Waals surface area (Å²) >= 11 is 6.03. The first-order chi connectivity index (χ1) is 6.29. The Balaban J connectivity index is 3.11. The van der Waals surface area contributed by atoms with Crippen LogP contribution in [-0.4, -0.2) is 0 Å². The van der Waals surface area contributed by atoms with Crippen molar-refractivity contribution in [1.29, 1.82) is 5.26 Å². The Bertz CT molecular complexity index is 346. The maximum Gasteiger partial charge on any atom is 0.0962 e. The monoisotopic (exact) mass is 191 g/mol. The van der Waals surface area contributed by atoms with Crippen molar-refractivity contribution in [3.63, 3.8) is 0 Å². The van der Waals surface area contributed by atoms with Crippen molar-refractivity contribution in [3.8, 4) is 6.07 Å². The maximum absolute atomic E-state index is 8.77. The van der Waals surface area contributed by atoms with Crippen molar-refractivity contribution in [2.75, 3.05) is 0 Å². The molecule has 0 fully saturated rings. The molecule has 0 aliphatic carbocycles. The quantitative estimate of drug-likeness (QED) is 0.656. The minimum Gasteiger partial charge on any atom is -0.193 e. The normalized spacial score (nSPS) is 11.8. The Morgan fingerprint density at radius 2 is 2.00 bits per heavy atom. The Kier molecular flexibility index (Phi) is 3.54. The third-order valence-electron chi connectivity index (χ3n) is 1.78. The zero-order valence-electron chi connectivity index (χ0n) is 7.42. The fraction of sp³-hybridized carbons (Fsp3) is 0.182. The molecule has 0 unspecified atom stereocenters. The van der Waals surface area contributed by atoms with Gasteiger partial charge >= 0.3 is 0 Å². The lowest BCUT2D eigenvalue weighted by molar-refractivity contribution is 1.16. The maximum atomic E-state index is 8.77. The SMILES string of the molecule is CC/C(C#N)=C(/Cl)c1ccccc1. The molecule has 66 valence electrons. The molecule has 0 amide bonds. The molecule has 0 spiro atoms. The number of nitriles is 1. The molecule has 0 saturated heterocycles. The largest absolute Gasteiger partial charge is 0.193 e. The first kappa shape index (κ1) is 9.83. The summed E-state index contributed by atoms with van der Waals surface area (Å²) in [6.07, 6.45) is 0.671. The van der Waals surface area contributed by atoms with Crippen LogP contribution < -0.4 is 0 Å². The van der Waals surface area contributed by atoms with E-state index in [1.54, 1.807) is 0 Å². The Morgan fingerprint density at radius 1 is 1.38 bits per heavy atom. The van der Waals surface area contributed by atoms with E-state index in [2.05, 4.69) is 6.07 Å². The second kappa shape index (κ2) is 4.69. The number of benzene rings is 1. The average Bonchev–Trinajstić information content (AvgIpc) is 2.21. The number of hydrogen-bond donors (Lipinski definition) is 0. The van der Waals surface area contributed by atoms with E-state index in [4.69, 9.17) is 16.9 Å². The minimum atomic E-state index is 0.561. The summed E-state index contributed by atoms with van der Waals surface area (Å²) in [6, 6.07) is 11.6. The van der Waals surface area contributed by atoms with Crippen molar-refractivity contribution in [1.82, 2.24) is 0 Å². The van der Waals surface area contributed by atoms with Gasteiger partial charge in [-0.15, -0.1) is 0 Å². The van der Waals surface area contributed by atoms with Crippen LogP contribution in [0.25, 0.3) is 5.03 Å². The predicted octanol–water partition coefficient (Wildman–Crippen LogP) is 3.57. The summed E-state index contributed by atoms with van der Waals surface area (Å²) in [5, 5.41) is 9.33. The van der Waals surface area contributed by atoms with Gasteiger partial charge in [0.2, 0.25) is 0 Å². The van der Waals surface area contributed by atoms with Crippen LogP contribution in [-0.2, 0) is 0 Å². The van der Waals surface area contributed by atoms with Gasteiger partial charge in [-0.05, 0) is 12.0 Å². The molecule has 0 N–H and O–H groups in total. The van der Waals surface area contributed by atoms with Crippen LogP contribution in [0.4, 0.5) is 0 Å². The van der Waals surface area contributed by atoms with Gasteiger partial charge in [-0.25, -0.2) is 0 Å². The van der Waals surface area contributed by atoms with Gasteiger partial charge in [0.25, 0.3) is 0 Å². The second-order valence-corrected chi connectivity index (χ2v) is 3.00. The van der Waals surface area contributed by atoms with Gasteiger partial charge in [-0.1, -0.05) is 48.9 Å². The molecule has 1 aromatic carbocycles. The zero-order valence-corrected chi connectivity index (χ0v) is 8.17. The van der Waals surface area contributed by atoms with Crippen molar-refractivity contribution in [2.45, 2.75) is 13.3 Å². The van der Waals surface area contributed by atoms with Crippen molar-refractivity contribution >= 4 is 16.6 Å². The fourth-order valence-electron chi connectivity index (χ4n) is 1.04. The summed E-state index contributed by atoms with van der Waals surface area (Å²) in [5.41, 5.74) is 1.54. The standard InChI is InChI=1S/C11H10ClN/c1-2-9(8-13)11(12)10-6-4-3-5-7-10/h3-7H,2H2,1H3/b11-9-. The highest BCUT2D eigenvalue weighted by Gasteiger charge is 2.03. The lowest BCUT2D eigenvalue weighted by atomic mass is 10.1. The number of hydrogen-bond acceptors (Lipinski definition) is 1. The van der Waals surface area contributed by atoms with E-state index < -0.39 is 0 Å². The van der Waals surface area contributed by atoms with E-state index in [9.17, 15) is 0 Å². The summed E-state index contributed by atoms with van der Waals surface area (Å²) in [7, 11) is 0. The summed E-state index contributed by atoms with van der Waals surface area (Å²) in [4.78, 5) is 0. The first-order valence-electron chi connectivity index (χ1n) is 4.13. The van der Waals surface area contributed by atoms with Gasteiger partial charge < -0.3 is 0 Å². The predicted molar refractivity (Wildman–Crippen MR) is 55.1 cm³/mol. The highest BCUT2D eigenvalue weighted by molar-refractivity contribution is 6.49. The van der Waals surface area contributed by atoms with E-state index in [1.165, 1.54) is 0 Å². The summed E-state index contributed by atoms with van der Waals surface area (Å²) < 4.78 is 0. The lowest BCUT2D eigenvalue weighted by Crippen LogP contribution is -1.82. The van der Waals surface area contributed by atoms with Crippen LogP contribution in [0.3, 0.4) is 0 Å². The third-order valence-corrected chi connectivity index (χ3v) is 2.23. The zero-order chi connectivity index (χ0) is 9.68. The molecule has 2 heteroatoms. The number of nitrogens with zero attached hydrogens (tertiary/aromatic N) is 1. The van der Waals surface area contributed by atoms with Crippen LogP contribution in [0, 0.1) is 11.3 Å². The van der Waals surface area contributed by atoms with E-state index in [1.807, 2.05) is 37.3 Å². The van der Waals surface area contributed by atoms with Crippen LogP contribution in [0.15, 0.2) is 35.9 Å². The highest BCUT2D eigenvalue weighted by atomic mass is 35.5. The van der Waals surface area contributed by atoms with E-state index in [-0.39, 0.29) is 0 Å². The molecule has 0 heterocycles. The van der Waals surface area contributed by atoms with Gasteiger partial charge in [0.15, 0.2) is 0 Å².